The van der Waals surface area contributed by atoms with Gasteiger partial charge in [0.05, 0.1) is 5.56 Å². The first-order valence-electron chi connectivity index (χ1n) is 7.48. The Labute approximate surface area is 129 Å². The van der Waals surface area contributed by atoms with Crippen molar-refractivity contribution >= 4 is 16.1 Å². The molecule has 120 valence electrons. The van der Waals surface area contributed by atoms with E-state index in [0.29, 0.717) is 23.7 Å². The minimum absolute atomic E-state index is 0.0225. The van der Waals surface area contributed by atoms with Gasteiger partial charge in [0.2, 0.25) is 0 Å². The summed E-state index contributed by atoms with van der Waals surface area (Å²) in [5.74, 6) is 0.894. The fourth-order valence-corrected chi connectivity index (χ4v) is 3.65. The number of nitrogens with two attached hydrogens (primary N) is 1. The average molecular weight is 325 g/mol. The summed E-state index contributed by atoms with van der Waals surface area (Å²) in [5, 5.41) is 4.83. The van der Waals surface area contributed by atoms with Crippen LogP contribution in [0.3, 0.4) is 0 Å². The van der Waals surface area contributed by atoms with Gasteiger partial charge in [-0.1, -0.05) is 19.3 Å². The monoisotopic (exact) mass is 325 g/mol. The third-order valence-corrected chi connectivity index (χ3v) is 4.73. The summed E-state index contributed by atoms with van der Waals surface area (Å²) in [5.41, 5.74) is 0.355. The highest BCUT2D eigenvalue weighted by molar-refractivity contribution is 7.84. The molecule has 1 saturated carbocycles. The predicted octanol–water partition coefficient (Wildman–Crippen LogP) is 2.18. The number of carbonyl (C=O) groups is 1. The number of rotatable bonds is 3. The molecule has 1 aromatic carbocycles. The van der Waals surface area contributed by atoms with Crippen molar-refractivity contribution in [3.63, 3.8) is 0 Å². The van der Waals surface area contributed by atoms with E-state index in [1.54, 1.807) is 6.07 Å². The maximum Gasteiger partial charge on any atom is 0.380 e. The van der Waals surface area contributed by atoms with Crippen LogP contribution in [0.25, 0.3) is 0 Å². The summed E-state index contributed by atoms with van der Waals surface area (Å²) < 4.78 is 32.5. The van der Waals surface area contributed by atoms with Crippen LogP contribution in [-0.4, -0.2) is 20.3 Å². The van der Waals surface area contributed by atoms with Gasteiger partial charge in [-0.25, -0.2) is 0 Å². The highest BCUT2D eigenvalue weighted by atomic mass is 32.2. The van der Waals surface area contributed by atoms with Crippen LogP contribution in [-0.2, 0) is 10.3 Å². The van der Waals surface area contributed by atoms with Gasteiger partial charge in [0.25, 0.3) is 0 Å². The van der Waals surface area contributed by atoms with E-state index in [2.05, 4.69) is 4.18 Å². The zero-order chi connectivity index (χ0) is 15.7. The summed E-state index contributed by atoms with van der Waals surface area (Å²) in [6.45, 7) is 0. The van der Waals surface area contributed by atoms with Gasteiger partial charge >= 0.3 is 10.3 Å². The molecule has 1 fully saturated rings. The number of carbonyl (C=O) groups excluding carboxylic acids is 1. The molecule has 2 N–H and O–H groups in total. The highest BCUT2D eigenvalue weighted by Gasteiger charge is 2.33. The molecule has 2 aliphatic rings. The van der Waals surface area contributed by atoms with Crippen LogP contribution in [0.15, 0.2) is 18.2 Å². The molecule has 3 rings (SSSR count). The highest BCUT2D eigenvalue weighted by Crippen LogP contribution is 2.37. The third-order valence-electron chi connectivity index (χ3n) is 4.30. The Kier molecular flexibility index (Phi) is 4.10. The first-order chi connectivity index (χ1) is 10.4. The van der Waals surface area contributed by atoms with Crippen LogP contribution in [0.2, 0.25) is 0 Å². The van der Waals surface area contributed by atoms with E-state index in [0.717, 1.165) is 12.8 Å². The van der Waals surface area contributed by atoms with Gasteiger partial charge in [-0.2, -0.15) is 13.6 Å². The average Bonchev–Trinajstić information content (AvgIpc) is 2.47. The summed E-state index contributed by atoms with van der Waals surface area (Å²) in [4.78, 5) is 12.3. The van der Waals surface area contributed by atoms with Crippen LogP contribution >= 0.6 is 0 Å². The molecule has 7 heteroatoms. The molecule has 0 amide bonds. The van der Waals surface area contributed by atoms with Crippen molar-refractivity contribution in [1.29, 1.82) is 0 Å². The van der Waals surface area contributed by atoms with E-state index in [4.69, 9.17) is 9.88 Å². The summed E-state index contributed by atoms with van der Waals surface area (Å²) in [7, 11) is -4.10. The van der Waals surface area contributed by atoms with Crippen molar-refractivity contribution in [2.24, 2.45) is 11.1 Å². The molecule has 0 spiro atoms. The zero-order valence-corrected chi connectivity index (χ0v) is 13.0. The molecule has 1 aliphatic heterocycles. The minimum atomic E-state index is -4.10. The Balaban J connectivity index is 1.80. The van der Waals surface area contributed by atoms with Gasteiger partial charge in [0.1, 0.15) is 17.6 Å². The van der Waals surface area contributed by atoms with E-state index >= 15 is 0 Å². The molecule has 0 saturated heterocycles. The number of ketones is 1. The van der Waals surface area contributed by atoms with Gasteiger partial charge in [-0.3, -0.25) is 4.79 Å². The zero-order valence-electron chi connectivity index (χ0n) is 12.2. The SMILES string of the molecule is NS(=O)(=O)Oc1ccc2c(c1)C(=O)C[C@@H](C1CCCCC1)O2. The Morgan fingerprint density at radius 1 is 1.18 bits per heavy atom. The smallest absolute Gasteiger partial charge is 0.380 e. The Morgan fingerprint density at radius 3 is 2.59 bits per heavy atom. The summed E-state index contributed by atoms with van der Waals surface area (Å²) in [6, 6.07) is 4.39. The molecule has 1 aliphatic carbocycles. The van der Waals surface area contributed by atoms with E-state index in [1.165, 1.54) is 31.4 Å². The fraction of sp³-hybridized carbons (Fsp3) is 0.533. The Bertz CT molecular complexity index is 679. The number of benzene rings is 1. The van der Waals surface area contributed by atoms with Crippen LogP contribution in [0.5, 0.6) is 11.5 Å². The molecule has 0 bridgehead atoms. The van der Waals surface area contributed by atoms with E-state index in [9.17, 15) is 13.2 Å². The molecule has 1 atom stereocenters. The van der Waals surface area contributed by atoms with Gasteiger partial charge in [-0.15, -0.1) is 0 Å². The maximum absolute atomic E-state index is 12.3. The second kappa shape index (κ2) is 5.89. The lowest BCUT2D eigenvalue weighted by Gasteiger charge is -2.33. The standard InChI is InChI=1S/C15H19NO5S/c16-22(18,19)21-11-6-7-14-12(8-11)13(17)9-15(20-14)10-4-2-1-3-5-10/h6-8,10,15H,1-5,9H2,(H2,16,18,19)/t15-/m0/s1. The second-order valence-electron chi connectivity index (χ2n) is 5.92. The predicted molar refractivity (Wildman–Crippen MR) is 80.1 cm³/mol. The van der Waals surface area contributed by atoms with E-state index in [1.807, 2.05) is 0 Å². The van der Waals surface area contributed by atoms with Crippen molar-refractivity contribution in [3.05, 3.63) is 23.8 Å². The molecule has 0 radical (unpaired) electrons. The van der Waals surface area contributed by atoms with Crippen molar-refractivity contribution in [2.75, 3.05) is 0 Å². The fourth-order valence-electron chi connectivity index (χ4n) is 3.28. The number of ether oxygens (including phenoxy) is 1. The van der Waals surface area contributed by atoms with Gasteiger partial charge in [-0.05, 0) is 37.0 Å². The molecule has 0 aromatic heterocycles. The lowest BCUT2D eigenvalue weighted by molar-refractivity contribution is 0.0655. The summed E-state index contributed by atoms with van der Waals surface area (Å²) >= 11 is 0. The molecule has 6 nitrogen and oxygen atoms in total. The number of fused-ring (bicyclic) bond motifs is 1. The number of hydrogen-bond acceptors (Lipinski definition) is 5. The van der Waals surface area contributed by atoms with Crippen molar-refractivity contribution < 1.29 is 22.1 Å². The molecule has 1 heterocycles. The Morgan fingerprint density at radius 2 is 1.91 bits per heavy atom. The lowest BCUT2D eigenvalue weighted by atomic mass is 9.82. The van der Waals surface area contributed by atoms with Crippen LogP contribution in [0, 0.1) is 5.92 Å². The van der Waals surface area contributed by atoms with E-state index in [-0.39, 0.29) is 17.6 Å². The quantitative estimate of drug-likeness (QED) is 0.919. The van der Waals surface area contributed by atoms with Gasteiger partial charge in [0, 0.05) is 6.42 Å². The largest absolute Gasteiger partial charge is 0.489 e. The third kappa shape index (κ3) is 3.41. The second-order valence-corrected chi connectivity index (χ2v) is 7.07. The molecular weight excluding hydrogens is 306 g/mol. The van der Waals surface area contributed by atoms with Gasteiger partial charge < -0.3 is 8.92 Å². The van der Waals surface area contributed by atoms with Crippen LogP contribution in [0.4, 0.5) is 0 Å². The number of Topliss-reactive ketones (excluding diaryl/α,β-unsaturated/α-hetero) is 1. The molecular formula is C15H19NO5S. The molecule has 0 unspecified atom stereocenters. The minimum Gasteiger partial charge on any atom is -0.489 e. The lowest BCUT2D eigenvalue weighted by Crippen LogP contribution is -2.34. The normalized spacial score (nSPS) is 22.8. The Hall–Kier alpha value is -1.60. The number of hydrogen-bond donors (Lipinski definition) is 1. The first kappa shape index (κ1) is 15.3. The summed E-state index contributed by atoms with van der Waals surface area (Å²) in [6.07, 6.45) is 6.07. The van der Waals surface area contributed by atoms with Crippen molar-refractivity contribution in [1.82, 2.24) is 0 Å². The molecule has 1 aromatic rings. The van der Waals surface area contributed by atoms with Crippen LogP contribution < -0.4 is 14.1 Å². The van der Waals surface area contributed by atoms with Gasteiger partial charge in [0.15, 0.2) is 5.78 Å². The maximum atomic E-state index is 12.3. The molecule has 22 heavy (non-hydrogen) atoms. The topological polar surface area (TPSA) is 95.7 Å². The van der Waals surface area contributed by atoms with Crippen LogP contribution in [0.1, 0.15) is 48.9 Å². The van der Waals surface area contributed by atoms with Crippen molar-refractivity contribution in [2.45, 2.75) is 44.6 Å². The van der Waals surface area contributed by atoms with Crippen molar-refractivity contribution in [3.8, 4) is 11.5 Å². The van der Waals surface area contributed by atoms with E-state index < -0.39 is 10.3 Å². The first-order valence-corrected chi connectivity index (χ1v) is 8.95.